The van der Waals surface area contributed by atoms with Crippen molar-refractivity contribution in [3.8, 4) is 6.07 Å². The first-order valence-corrected chi connectivity index (χ1v) is 7.88. The summed E-state index contributed by atoms with van der Waals surface area (Å²) in [6.45, 7) is 0.559. The molecule has 0 radical (unpaired) electrons. The summed E-state index contributed by atoms with van der Waals surface area (Å²) in [5.74, 6) is -2.01. The fourth-order valence-corrected chi connectivity index (χ4v) is 3.87. The lowest BCUT2D eigenvalue weighted by molar-refractivity contribution is -0.0592. The molecule has 1 aliphatic carbocycles. The first-order valence-electron chi connectivity index (χ1n) is 7.06. The summed E-state index contributed by atoms with van der Waals surface area (Å²) >= 11 is 1.58. The highest BCUT2D eigenvalue weighted by molar-refractivity contribution is 7.11. The molecular weight excluding hydrogens is 280 g/mol. The maximum Gasteiger partial charge on any atom is 0.250 e. The lowest BCUT2D eigenvalue weighted by atomic mass is 9.86. The quantitative estimate of drug-likeness (QED) is 0.854. The number of aromatic nitrogens is 1. The summed E-state index contributed by atoms with van der Waals surface area (Å²) in [6, 6.07) is 1.84. The van der Waals surface area contributed by atoms with Gasteiger partial charge in [-0.05, 0) is 12.8 Å². The lowest BCUT2D eigenvalue weighted by Gasteiger charge is -2.33. The first kappa shape index (κ1) is 13.9. The first-order chi connectivity index (χ1) is 9.59. The molecule has 1 aromatic heterocycles. The second kappa shape index (κ2) is 5.38. The Kier molecular flexibility index (Phi) is 3.74. The monoisotopic (exact) mass is 297 g/mol. The Morgan fingerprint density at radius 2 is 2.10 bits per heavy atom. The van der Waals surface area contributed by atoms with Crippen LogP contribution in [0.25, 0.3) is 0 Å². The van der Waals surface area contributed by atoms with Crippen LogP contribution < -0.4 is 0 Å². The lowest BCUT2D eigenvalue weighted by Crippen LogP contribution is -2.40. The molecule has 0 N–H and O–H groups in total. The molecule has 1 unspecified atom stereocenters. The van der Waals surface area contributed by atoms with Gasteiger partial charge in [-0.2, -0.15) is 5.26 Å². The van der Waals surface area contributed by atoms with Crippen molar-refractivity contribution in [3.63, 3.8) is 0 Å². The molecule has 2 heterocycles. The second-order valence-corrected chi connectivity index (χ2v) is 6.75. The van der Waals surface area contributed by atoms with Gasteiger partial charge in [0, 0.05) is 38.0 Å². The normalized spacial score (nSPS) is 24.9. The molecular formula is C14H17F2N3S. The van der Waals surface area contributed by atoms with Gasteiger partial charge < -0.3 is 0 Å². The van der Waals surface area contributed by atoms with Crippen molar-refractivity contribution >= 4 is 11.3 Å². The molecule has 1 aliphatic heterocycles. The van der Waals surface area contributed by atoms with Crippen LogP contribution in [0, 0.1) is 11.3 Å². The predicted molar refractivity (Wildman–Crippen MR) is 72.8 cm³/mol. The van der Waals surface area contributed by atoms with Gasteiger partial charge in [0.15, 0.2) is 0 Å². The van der Waals surface area contributed by atoms with E-state index >= 15 is 0 Å². The third-order valence-electron chi connectivity index (χ3n) is 4.28. The van der Waals surface area contributed by atoms with Crippen LogP contribution in [-0.4, -0.2) is 28.9 Å². The van der Waals surface area contributed by atoms with Crippen molar-refractivity contribution in [2.75, 3.05) is 13.1 Å². The fraction of sp³-hybridized carbons (Fsp3) is 0.714. The van der Waals surface area contributed by atoms with Crippen LogP contribution in [0.3, 0.4) is 0 Å². The zero-order valence-corrected chi connectivity index (χ0v) is 12.0. The van der Waals surface area contributed by atoms with Crippen LogP contribution in [0.4, 0.5) is 8.78 Å². The molecule has 3 rings (SSSR count). The number of rotatable bonds is 3. The van der Waals surface area contributed by atoms with Crippen molar-refractivity contribution in [2.24, 2.45) is 0 Å². The fourth-order valence-electron chi connectivity index (χ4n) is 2.71. The number of hydrogen-bond acceptors (Lipinski definition) is 4. The number of alkyl halides is 2. The van der Waals surface area contributed by atoms with Crippen molar-refractivity contribution in [1.29, 1.82) is 5.26 Å². The molecule has 2 aliphatic rings. The van der Waals surface area contributed by atoms with Gasteiger partial charge in [0.2, 0.25) is 0 Å². The van der Waals surface area contributed by atoms with Gasteiger partial charge >= 0.3 is 0 Å². The highest BCUT2D eigenvalue weighted by atomic mass is 32.1. The molecule has 1 saturated heterocycles. The van der Waals surface area contributed by atoms with E-state index in [1.54, 1.807) is 17.5 Å². The number of likely N-dealkylation sites (tertiary alicyclic amines) is 1. The van der Waals surface area contributed by atoms with Gasteiger partial charge in [-0.25, -0.2) is 13.8 Å². The molecule has 1 saturated carbocycles. The molecule has 1 atom stereocenters. The Balaban J connectivity index is 1.70. The van der Waals surface area contributed by atoms with Gasteiger partial charge in [0.05, 0.1) is 16.0 Å². The Labute approximate surface area is 121 Å². The maximum absolute atomic E-state index is 13.2. The number of nitriles is 1. The van der Waals surface area contributed by atoms with Crippen LogP contribution in [0.2, 0.25) is 0 Å². The maximum atomic E-state index is 13.2. The highest BCUT2D eigenvalue weighted by Crippen LogP contribution is 2.40. The van der Waals surface area contributed by atoms with E-state index in [0.717, 1.165) is 9.88 Å². The minimum Gasteiger partial charge on any atom is -0.283 e. The zero-order valence-electron chi connectivity index (χ0n) is 11.2. The summed E-state index contributed by atoms with van der Waals surface area (Å²) in [6.07, 6.45) is 5.07. The Morgan fingerprint density at radius 1 is 1.40 bits per heavy atom. The summed E-state index contributed by atoms with van der Waals surface area (Å²) < 4.78 is 26.4. The average molecular weight is 297 g/mol. The zero-order chi connectivity index (χ0) is 14.2. The topological polar surface area (TPSA) is 39.9 Å². The molecule has 108 valence electrons. The SMILES string of the molecule is N#CC(c1cnc(C2CCC2)s1)N1CCC(F)(F)CC1. The number of piperidine rings is 1. The van der Waals surface area contributed by atoms with E-state index in [-0.39, 0.29) is 25.9 Å². The molecule has 6 heteroatoms. The van der Waals surface area contributed by atoms with Gasteiger partial charge in [0.25, 0.3) is 5.92 Å². The van der Waals surface area contributed by atoms with Crippen LogP contribution >= 0.6 is 11.3 Å². The molecule has 0 bridgehead atoms. The van der Waals surface area contributed by atoms with Gasteiger partial charge in [0.1, 0.15) is 6.04 Å². The molecule has 20 heavy (non-hydrogen) atoms. The van der Waals surface area contributed by atoms with Crippen molar-refractivity contribution in [3.05, 3.63) is 16.1 Å². The molecule has 3 nitrogen and oxygen atoms in total. The smallest absolute Gasteiger partial charge is 0.250 e. The van der Waals surface area contributed by atoms with Gasteiger partial charge in [-0.1, -0.05) is 6.42 Å². The minimum absolute atomic E-state index is 0.153. The average Bonchev–Trinajstić information content (AvgIpc) is 2.79. The minimum atomic E-state index is -2.57. The Bertz CT molecular complexity index is 509. The summed E-state index contributed by atoms with van der Waals surface area (Å²) in [5.41, 5.74) is 0. The van der Waals surface area contributed by atoms with E-state index < -0.39 is 12.0 Å². The van der Waals surface area contributed by atoms with E-state index in [1.807, 2.05) is 4.90 Å². The third kappa shape index (κ3) is 2.70. The van der Waals surface area contributed by atoms with Gasteiger partial charge in [-0.3, -0.25) is 4.90 Å². The van der Waals surface area contributed by atoms with Gasteiger partial charge in [-0.15, -0.1) is 11.3 Å². The van der Waals surface area contributed by atoms with Crippen LogP contribution in [-0.2, 0) is 0 Å². The number of halogens is 2. The summed E-state index contributed by atoms with van der Waals surface area (Å²) in [5, 5.41) is 10.5. The van der Waals surface area contributed by atoms with Crippen LogP contribution in [0.1, 0.15) is 53.9 Å². The van der Waals surface area contributed by atoms with Crippen LogP contribution in [0.15, 0.2) is 6.20 Å². The van der Waals surface area contributed by atoms with E-state index in [2.05, 4.69) is 11.1 Å². The van der Waals surface area contributed by atoms with E-state index in [9.17, 15) is 14.0 Å². The second-order valence-electron chi connectivity index (χ2n) is 5.65. The molecule has 2 fully saturated rings. The number of thiazole rings is 1. The van der Waals surface area contributed by atoms with Crippen molar-refractivity contribution in [1.82, 2.24) is 9.88 Å². The Hall–Kier alpha value is -1.06. The van der Waals surface area contributed by atoms with E-state index in [1.165, 1.54) is 19.3 Å². The van der Waals surface area contributed by atoms with E-state index in [0.29, 0.717) is 5.92 Å². The van der Waals surface area contributed by atoms with Crippen molar-refractivity contribution in [2.45, 2.75) is 50.0 Å². The Morgan fingerprint density at radius 3 is 2.65 bits per heavy atom. The largest absolute Gasteiger partial charge is 0.283 e. The molecule has 0 spiro atoms. The number of nitrogens with zero attached hydrogens (tertiary/aromatic N) is 3. The summed E-state index contributed by atoms with van der Waals surface area (Å²) in [4.78, 5) is 7.18. The highest BCUT2D eigenvalue weighted by Gasteiger charge is 2.37. The molecule has 0 amide bonds. The third-order valence-corrected chi connectivity index (χ3v) is 5.49. The van der Waals surface area contributed by atoms with E-state index in [4.69, 9.17) is 0 Å². The molecule has 1 aromatic rings. The predicted octanol–water partition coefficient (Wildman–Crippen LogP) is 3.71. The van der Waals surface area contributed by atoms with Crippen molar-refractivity contribution < 1.29 is 8.78 Å². The standard InChI is InChI=1S/C14H17F2N3S/c15-14(16)4-6-19(7-5-14)11(8-17)12-9-18-13(20-12)10-2-1-3-10/h9-11H,1-7H2. The molecule has 0 aromatic carbocycles. The van der Waals surface area contributed by atoms with Crippen LogP contribution in [0.5, 0.6) is 0 Å². The number of hydrogen-bond donors (Lipinski definition) is 0. The summed E-state index contributed by atoms with van der Waals surface area (Å²) in [7, 11) is 0.